The van der Waals surface area contributed by atoms with E-state index >= 15 is 0 Å². The van der Waals surface area contributed by atoms with Crippen molar-refractivity contribution in [1.29, 1.82) is 0 Å². The van der Waals surface area contributed by atoms with Crippen LogP contribution in [0.4, 0.5) is 16.2 Å². The highest BCUT2D eigenvalue weighted by molar-refractivity contribution is 6.10. The zero-order chi connectivity index (χ0) is 24.0. The summed E-state index contributed by atoms with van der Waals surface area (Å²) >= 11 is 0. The molecule has 2 aliphatic heterocycles. The van der Waals surface area contributed by atoms with Gasteiger partial charge >= 0.3 is 6.03 Å². The molecule has 0 aliphatic carbocycles. The molecule has 5 rings (SSSR count). The van der Waals surface area contributed by atoms with E-state index in [1.165, 1.54) is 34.1 Å². The molecule has 34 heavy (non-hydrogen) atoms. The molecule has 3 aromatic carbocycles. The van der Waals surface area contributed by atoms with Gasteiger partial charge in [-0.2, -0.15) is 0 Å². The Kier molecular flexibility index (Phi) is 5.08. The van der Waals surface area contributed by atoms with Crippen LogP contribution in [-0.2, 0) is 6.42 Å². The quantitative estimate of drug-likeness (QED) is 0.382. The van der Waals surface area contributed by atoms with Crippen molar-refractivity contribution in [3.05, 3.63) is 99.6 Å². The molecule has 3 aromatic rings. The van der Waals surface area contributed by atoms with Crippen LogP contribution in [0.25, 0.3) is 0 Å². The first-order valence-corrected chi connectivity index (χ1v) is 11.1. The number of para-hydroxylation sites is 1. The van der Waals surface area contributed by atoms with Crippen LogP contribution in [0, 0.1) is 10.1 Å². The summed E-state index contributed by atoms with van der Waals surface area (Å²) in [7, 11) is 0. The molecule has 2 atom stereocenters. The molecule has 0 unspecified atom stereocenters. The Balaban J connectivity index is 1.66. The number of carbonyl (C=O) groups is 2. The Labute approximate surface area is 196 Å². The Bertz CT molecular complexity index is 1320. The SMILES string of the molecule is CCc1cccc(N2C(=O)N(C(=O)c3cccc([N+](=O)[O-])c3)[C@H]3C[C@@]2(C)Oc2ccccc23)c1. The molecule has 172 valence electrons. The first kappa shape index (κ1) is 21.6. The highest BCUT2D eigenvalue weighted by Crippen LogP contribution is 2.49. The molecule has 1 saturated heterocycles. The van der Waals surface area contributed by atoms with E-state index < -0.39 is 28.6 Å². The summed E-state index contributed by atoms with van der Waals surface area (Å²) < 4.78 is 6.36. The largest absolute Gasteiger partial charge is 0.467 e. The number of urea groups is 1. The number of nitro benzene ring substituents is 1. The first-order chi connectivity index (χ1) is 16.3. The summed E-state index contributed by atoms with van der Waals surface area (Å²) in [5, 5.41) is 11.3. The molecule has 1 fully saturated rings. The molecule has 0 spiro atoms. The van der Waals surface area contributed by atoms with Crippen molar-refractivity contribution in [1.82, 2.24) is 4.90 Å². The van der Waals surface area contributed by atoms with Crippen molar-refractivity contribution < 1.29 is 19.2 Å². The molecule has 2 bridgehead atoms. The van der Waals surface area contributed by atoms with E-state index in [-0.39, 0.29) is 11.3 Å². The van der Waals surface area contributed by atoms with E-state index in [9.17, 15) is 19.7 Å². The van der Waals surface area contributed by atoms with Crippen LogP contribution in [0.1, 0.15) is 47.8 Å². The van der Waals surface area contributed by atoms with E-state index in [1.807, 2.05) is 62.4 Å². The molecule has 8 nitrogen and oxygen atoms in total. The van der Waals surface area contributed by atoms with Gasteiger partial charge in [0.15, 0.2) is 5.72 Å². The summed E-state index contributed by atoms with van der Waals surface area (Å²) in [4.78, 5) is 41.2. The number of anilines is 1. The van der Waals surface area contributed by atoms with E-state index in [0.29, 0.717) is 17.9 Å². The molecular formula is C26H23N3O5. The van der Waals surface area contributed by atoms with Crippen LogP contribution in [0.2, 0.25) is 0 Å². The van der Waals surface area contributed by atoms with Gasteiger partial charge in [0.05, 0.1) is 11.0 Å². The Hall–Kier alpha value is -4.20. The minimum absolute atomic E-state index is 0.0809. The van der Waals surface area contributed by atoms with Crippen molar-refractivity contribution in [2.75, 3.05) is 4.90 Å². The third kappa shape index (κ3) is 3.39. The Morgan fingerprint density at radius 1 is 1.12 bits per heavy atom. The number of fused-ring (bicyclic) bond motifs is 4. The summed E-state index contributed by atoms with van der Waals surface area (Å²) in [6.07, 6.45) is 1.14. The number of imide groups is 1. The van der Waals surface area contributed by atoms with Crippen molar-refractivity contribution in [2.45, 2.75) is 38.5 Å². The number of ether oxygens (including phenoxy) is 1. The summed E-state index contributed by atoms with van der Waals surface area (Å²) in [6.45, 7) is 3.88. The van der Waals surface area contributed by atoms with Crippen LogP contribution in [0.15, 0.2) is 72.8 Å². The van der Waals surface area contributed by atoms with Gasteiger partial charge in [-0.15, -0.1) is 0 Å². The normalized spacial score (nSPS) is 21.0. The van der Waals surface area contributed by atoms with E-state index in [2.05, 4.69) is 0 Å². The highest BCUT2D eigenvalue weighted by atomic mass is 16.6. The maximum atomic E-state index is 14.0. The lowest BCUT2D eigenvalue weighted by molar-refractivity contribution is -0.384. The lowest BCUT2D eigenvalue weighted by Crippen LogP contribution is -2.67. The molecule has 8 heteroatoms. The van der Waals surface area contributed by atoms with Gasteiger partial charge < -0.3 is 4.74 Å². The number of hydrogen-bond acceptors (Lipinski definition) is 5. The monoisotopic (exact) mass is 457 g/mol. The van der Waals surface area contributed by atoms with E-state index in [1.54, 1.807) is 0 Å². The van der Waals surface area contributed by atoms with Gasteiger partial charge in [0.1, 0.15) is 5.75 Å². The van der Waals surface area contributed by atoms with E-state index in [0.717, 1.165) is 17.5 Å². The average Bonchev–Trinajstić information content (AvgIpc) is 2.83. The fraction of sp³-hybridized carbons (Fsp3) is 0.231. The van der Waals surface area contributed by atoms with Gasteiger partial charge in [-0.1, -0.05) is 43.3 Å². The molecular weight excluding hydrogens is 434 g/mol. The first-order valence-electron chi connectivity index (χ1n) is 11.1. The Morgan fingerprint density at radius 2 is 1.88 bits per heavy atom. The number of non-ortho nitro benzene ring substituents is 1. The molecule has 2 heterocycles. The average molecular weight is 457 g/mol. The van der Waals surface area contributed by atoms with Gasteiger partial charge in [-0.05, 0) is 43.2 Å². The number of nitro groups is 1. The predicted octanol–water partition coefficient (Wildman–Crippen LogP) is 5.48. The zero-order valence-corrected chi connectivity index (χ0v) is 18.8. The summed E-state index contributed by atoms with van der Waals surface area (Å²) in [5.74, 6) is 0.0105. The molecule has 0 N–H and O–H groups in total. The van der Waals surface area contributed by atoms with Crippen LogP contribution in [0.5, 0.6) is 5.75 Å². The third-order valence-electron chi connectivity index (χ3n) is 6.46. The van der Waals surface area contributed by atoms with Gasteiger partial charge in [-0.25, -0.2) is 4.79 Å². The zero-order valence-electron chi connectivity index (χ0n) is 18.8. The summed E-state index contributed by atoms with van der Waals surface area (Å²) in [6, 6.07) is 19.3. The minimum atomic E-state index is -1.01. The maximum absolute atomic E-state index is 14.0. The number of nitrogens with zero attached hydrogens (tertiary/aromatic N) is 3. The highest BCUT2D eigenvalue weighted by Gasteiger charge is 2.55. The minimum Gasteiger partial charge on any atom is -0.467 e. The molecule has 0 aromatic heterocycles. The Morgan fingerprint density at radius 3 is 2.65 bits per heavy atom. The fourth-order valence-corrected chi connectivity index (χ4v) is 4.83. The van der Waals surface area contributed by atoms with Crippen LogP contribution in [-0.4, -0.2) is 27.5 Å². The molecule has 2 aliphatic rings. The second-order valence-corrected chi connectivity index (χ2v) is 8.66. The van der Waals surface area contributed by atoms with Crippen LogP contribution >= 0.6 is 0 Å². The number of benzene rings is 3. The van der Waals surface area contributed by atoms with Crippen LogP contribution in [0.3, 0.4) is 0 Å². The molecule has 3 amide bonds. The second kappa shape index (κ2) is 7.98. The third-order valence-corrected chi connectivity index (χ3v) is 6.46. The van der Waals surface area contributed by atoms with Gasteiger partial charge in [0.2, 0.25) is 0 Å². The van der Waals surface area contributed by atoms with E-state index in [4.69, 9.17) is 4.74 Å². The lowest BCUT2D eigenvalue weighted by Gasteiger charge is -2.53. The van der Waals surface area contributed by atoms with Gasteiger partial charge in [0.25, 0.3) is 11.6 Å². The van der Waals surface area contributed by atoms with Gasteiger partial charge in [-0.3, -0.25) is 24.7 Å². The number of aryl methyl sites for hydroxylation is 1. The number of amides is 3. The number of hydrogen-bond donors (Lipinski definition) is 0. The van der Waals surface area contributed by atoms with Crippen molar-refractivity contribution in [2.24, 2.45) is 0 Å². The number of carbonyl (C=O) groups excluding carboxylic acids is 2. The van der Waals surface area contributed by atoms with Crippen molar-refractivity contribution in [3.63, 3.8) is 0 Å². The molecule has 0 saturated carbocycles. The van der Waals surface area contributed by atoms with Crippen molar-refractivity contribution in [3.8, 4) is 5.75 Å². The summed E-state index contributed by atoms with van der Waals surface area (Å²) in [5.41, 5.74) is 1.26. The predicted molar refractivity (Wildman–Crippen MR) is 126 cm³/mol. The number of rotatable bonds is 4. The smallest absolute Gasteiger partial charge is 0.335 e. The molecule has 0 radical (unpaired) electrons. The fourth-order valence-electron chi connectivity index (χ4n) is 4.83. The standard InChI is InChI=1S/C26H23N3O5/c1-3-17-8-6-10-19(14-17)28-25(31)27(24(30)18-9-7-11-20(15-18)29(32)33)22-16-26(28,2)34-23-13-5-4-12-21(22)23/h4-15,22H,3,16H2,1-2H3/t22-,26+/m0/s1. The van der Waals surface area contributed by atoms with Crippen LogP contribution < -0.4 is 9.64 Å². The second-order valence-electron chi connectivity index (χ2n) is 8.66. The van der Waals surface area contributed by atoms with Crippen molar-refractivity contribution >= 4 is 23.3 Å². The topological polar surface area (TPSA) is 93.0 Å². The van der Waals surface area contributed by atoms with Gasteiger partial charge in [0, 0.05) is 35.4 Å². The maximum Gasteiger partial charge on any atom is 0.335 e. The lowest BCUT2D eigenvalue weighted by atomic mass is 9.88.